The van der Waals surface area contributed by atoms with Crippen molar-refractivity contribution >= 4 is 32.6 Å². The smallest absolute Gasteiger partial charge is 0.235 e. The molecule has 3 nitrogen and oxygen atoms in total. The molecule has 0 aliphatic carbocycles. The molecule has 0 aliphatic heterocycles. The first-order valence-electron chi connectivity index (χ1n) is 15.9. The number of hydrogen-bond acceptors (Lipinski definition) is 2. The molecule has 0 atom stereocenters. The molecule has 7 aromatic carbocycles. The fourth-order valence-corrected chi connectivity index (χ4v) is 6.84. The van der Waals surface area contributed by atoms with Crippen molar-refractivity contribution in [2.45, 2.75) is 0 Å². The molecule has 0 spiro atoms. The summed E-state index contributed by atoms with van der Waals surface area (Å²) in [6.07, 6.45) is 1.88. The minimum absolute atomic E-state index is 0.647. The Morgan fingerprint density at radius 1 is 0.383 bits per heavy atom. The van der Waals surface area contributed by atoms with Gasteiger partial charge >= 0.3 is 0 Å². The second-order valence-electron chi connectivity index (χ2n) is 11.8. The monoisotopic (exact) mass is 599 g/mol. The van der Waals surface area contributed by atoms with Gasteiger partial charge in [-0.25, -0.2) is 9.97 Å². The molecular weight excluding hydrogens is 571 g/mol. The van der Waals surface area contributed by atoms with Crippen molar-refractivity contribution < 1.29 is 0 Å². The SMILES string of the molecule is c1ccc(-c2ccc(-c3ccnc(-n4c5cc(-c6ccccc6)ccc5c5c6ccccc6c(-c6ccccc6)cc54)n3)cc2)cc1. The molecule has 0 amide bonds. The van der Waals surface area contributed by atoms with E-state index in [0.29, 0.717) is 5.95 Å². The van der Waals surface area contributed by atoms with E-state index < -0.39 is 0 Å². The fraction of sp³-hybridized carbons (Fsp3) is 0. The van der Waals surface area contributed by atoms with Crippen LogP contribution in [0.1, 0.15) is 0 Å². The molecule has 0 N–H and O–H groups in total. The lowest BCUT2D eigenvalue weighted by atomic mass is 9.94. The molecule has 0 aliphatic rings. The minimum atomic E-state index is 0.647. The van der Waals surface area contributed by atoms with Crippen LogP contribution in [-0.4, -0.2) is 14.5 Å². The van der Waals surface area contributed by atoms with E-state index in [1.807, 2.05) is 18.3 Å². The molecule has 2 aromatic heterocycles. The second kappa shape index (κ2) is 11.2. The first-order valence-corrected chi connectivity index (χ1v) is 15.9. The van der Waals surface area contributed by atoms with Crippen molar-refractivity contribution in [1.82, 2.24) is 14.5 Å². The lowest BCUT2D eigenvalue weighted by Gasteiger charge is -2.12. The van der Waals surface area contributed by atoms with Crippen LogP contribution in [-0.2, 0) is 0 Å². The highest BCUT2D eigenvalue weighted by Crippen LogP contribution is 2.42. The molecule has 47 heavy (non-hydrogen) atoms. The first-order chi connectivity index (χ1) is 23.3. The van der Waals surface area contributed by atoms with Gasteiger partial charge in [0.25, 0.3) is 0 Å². The summed E-state index contributed by atoms with van der Waals surface area (Å²) in [4.78, 5) is 10.1. The van der Waals surface area contributed by atoms with E-state index in [2.05, 4.69) is 162 Å². The number of nitrogens with zero attached hydrogens (tertiary/aromatic N) is 3. The first kappa shape index (κ1) is 27.0. The largest absolute Gasteiger partial charge is 0.278 e. The summed E-state index contributed by atoms with van der Waals surface area (Å²) in [5.41, 5.74) is 11.2. The predicted octanol–water partition coefficient (Wildman–Crippen LogP) is 11.4. The van der Waals surface area contributed by atoms with Gasteiger partial charge in [-0.3, -0.25) is 4.57 Å². The number of rotatable bonds is 5. The van der Waals surface area contributed by atoms with Gasteiger partial charge in [-0.05, 0) is 62.4 Å². The fourth-order valence-electron chi connectivity index (χ4n) is 6.84. The van der Waals surface area contributed by atoms with E-state index in [9.17, 15) is 0 Å². The van der Waals surface area contributed by atoms with Gasteiger partial charge < -0.3 is 0 Å². The Bertz CT molecular complexity index is 2530. The number of hydrogen-bond donors (Lipinski definition) is 0. The van der Waals surface area contributed by atoms with Gasteiger partial charge in [0, 0.05) is 22.5 Å². The lowest BCUT2D eigenvalue weighted by molar-refractivity contribution is 0.992. The van der Waals surface area contributed by atoms with E-state index in [1.54, 1.807) is 0 Å². The van der Waals surface area contributed by atoms with Gasteiger partial charge in [-0.2, -0.15) is 0 Å². The van der Waals surface area contributed by atoms with Gasteiger partial charge in [0.15, 0.2) is 0 Å². The van der Waals surface area contributed by atoms with Crippen LogP contribution in [0.15, 0.2) is 176 Å². The van der Waals surface area contributed by atoms with Crippen molar-refractivity contribution in [3.05, 3.63) is 176 Å². The Balaban J connectivity index is 1.30. The quantitative estimate of drug-likeness (QED) is 0.197. The number of fused-ring (bicyclic) bond motifs is 5. The summed E-state index contributed by atoms with van der Waals surface area (Å²) >= 11 is 0. The van der Waals surface area contributed by atoms with Gasteiger partial charge in [-0.15, -0.1) is 0 Å². The molecule has 0 unspecified atom stereocenters. The van der Waals surface area contributed by atoms with Gasteiger partial charge in [0.1, 0.15) is 0 Å². The summed E-state index contributed by atoms with van der Waals surface area (Å²) < 4.78 is 2.25. The average Bonchev–Trinajstić information content (AvgIpc) is 3.49. The molecular formula is C44H29N3. The zero-order chi connectivity index (χ0) is 31.2. The van der Waals surface area contributed by atoms with E-state index in [-0.39, 0.29) is 0 Å². The summed E-state index contributed by atoms with van der Waals surface area (Å²) in [5.74, 6) is 0.647. The normalized spacial score (nSPS) is 11.4. The summed E-state index contributed by atoms with van der Waals surface area (Å²) in [7, 11) is 0. The van der Waals surface area contributed by atoms with Gasteiger partial charge in [0.05, 0.1) is 16.7 Å². The Morgan fingerprint density at radius 2 is 0.936 bits per heavy atom. The van der Waals surface area contributed by atoms with E-state index in [1.165, 1.54) is 49.4 Å². The Morgan fingerprint density at radius 3 is 1.64 bits per heavy atom. The highest BCUT2D eigenvalue weighted by molar-refractivity contribution is 6.24. The van der Waals surface area contributed by atoms with E-state index in [0.717, 1.165) is 27.9 Å². The maximum Gasteiger partial charge on any atom is 0.235 e. The van der Waals surface area contributed by atoms with Crippen LogP contribution in [0.4, 0.5) is 0 Å². The highest BCUT2D eigenvalue weighted by Gasteiger charge is 2.20. The van der Waals surface area contributed by atoms with Crippen molar-refractivity contribution in [1.29, 1.82) is 0 Å². The van der Waals surface area contributed by atoms with Crippen molar-refractivity contribution in [3.8, 4) is 50.6 Å². The maximum atomic E-state index is 5.22. The zero-order valence-electron chi connectivity index (χ0n) is 25.6. The Kier molecular flexibility index (Phi) is 6.46. The van der Waals surface area contributed by atoms with E-state index in [4.69, 9.17) is 9.97 Å². The van der Waals surface area contributed by atoms with Crippen LogP contribution >= 0.6 is 0 Å². The molecule has 220 valence electrons. The topological polar surface area (TPSA) is 30.7 Å². The highest BCUT2D eigenvalue weighted by atomic mass is 15.2. The number of benzene rings is 7. The third-order valence-corrected chi connectivity index (χ3v) is 9.10. The third kappa shape index (κ3) is 4.68. The zero-order valence-corrected chi connectivity index (χ0v) is 25.6. The summed E-state index contributed by atoms with van der Waals surface area (Å²) in [6.45, 7) is 0. The molecule has 3 heteroatoms. The van der Waals surface area contributed by atoms with Crippen LogP contribution in [0.3, 0.4) is 0 Å². The second-order valence-corrected chi connectivity index (χ2v) is 11.8. The molecule has 2 heterocycles. The molecule has 0 bridgehead atoms. The Labute approximate surface area is 273 Å². The Hall–Kier alpha value is -6.32. The van der Waals surface area contributed by atoms with Crippen molar-refractivity contribution in [3.63, 3.8) is 0 Å². The third-order valence-electron chi connectivity index (χ3n) is 9.10. The van der Waals surface area contributed by atoms with Crippen LogP contribution < -0.4 is 0 Å². The maximum absolute atomic E-state index is 5.22. The molecule has 0 saturated heterocycles. The van der Waals surface area contributed by atoms with Crippen LogP contribution in [0.25, 0.3) is 83.2 Å². The van der Waals surface area contributed by atoms with Crippen molar-refractivity contribution in [2.75, 3.05) is 0 Å². The predicted molar refractivity (Wildman–Crippen MR) is 196 cm³/mol. The summed E-state index contributed by atoms with van der Waals surface area (Å²) in [5, 5.41) is 4.83. The minimum Gasteiger partial charge on any atom is -0.278 e. The molecule has 0 fully saturated rings. The van der Waals surface area contributed by atoms with Crippen LogP contribution in [0.2, 0.25) is 0 Å². The number of aromatic nitrogens is 3. The molecule has 9 aromatic rings. The lowest BCUT2D eigenvalue weighted by Crippen LogP contribution is -2.02. The van der Waals surface area contributed by atoms with Crippen molar-refractivity contribution in [2.24, 2.45) is 0 Å². The van der Waals surface area contributed by atoms with Gasteiger partial charge in [-0.1, -0.05) is 152 Å². The van der Waals surface area contributed by atoms with E-state index >= 15 is 0 Å². The standard InChI is InChI=1S/C44H29N3/c1-4-12-30(13-5-1)32-20-22-34(23-21-32)40-26-27-45-44(46-40)47-41-28-35(31-14-6-2-7-15-31)24-25-38(41)43-37-19-11-10-18-36(37)39(29-42(43)47)33-16-8-3-9-17-33/h1-29H. The van der Waals surface area contributed by atoms with Crippen LogP contribution in [0.5, 0.6) is 0 Å². The molecule has 9 rings (SSSR count). The van der Waals surface area contributed by atoms with Gasteiger partial charge in [0.2, 0.25) is 5.95 Å². The summed E-state index contributed by atoms with van der Waals surface area (Å²) in [6, 6.07) is 60.1. The average molecular weight is 600 g/mol. The molecule has 0 saturated carbocycles. The van der Waals surface area contributed by atoms with Crippen LogP contribution in [0, 0.1) is 0 Å². The molecule has 0 radical (unpaired) electrons.